The van der Waals surface area contributed by atoms with E-state index in [2.05, 4.69) is 41.9 Å². The molecule has 4 aliphatic carbocycles. The smallest absolute Gasteiger partial charge is 0.0453 e. The summed E-state index contributed by atoms with van der Waals surface area (Å²) in [5, 5.41) is 0. The van der Waals surface area contributed by atoms with E-state index < -0.39 is 0 Å². The number of thioether (sulfide) groups is 1. The Balaban J connectivity index is 1.45. The number of hydrogen-bond acceptors (Lipinski definition) is 1. The van der Waals surface area contributed by atoms with E-state index in [4.69, 9.17) is 0 Å². The number of fused-ring (bicyclic) bond motifs is 1. The summed E-state index contributed by atoms with van der Waals surface area (Å²) >= 11 is 2.04. The maximum Gasteiger partial charge on any atom is 0.0453 e. The molecule has 0 radical (unpaired) electrons. The minimum absolute atomic E-state index is 0.527. The van der Waals surface area contributed by atoms with Crippen molar-refractivity contribution in [3.05, 3.63) is 41.7 Å². The van der Waals surface area contributed by atoms with Gasteiger partial charge in [-0.3, -0.25) is 0 Å². The summed E-state index contributed by atoms with van der Waals surface area (Å²) in [7, 11) is 0. The average molecular weight is 340 g/mol. The van der Waals surface area contributed by atoms with E-state index in [0.29, 0.717) is 5.41 Å². The van der Waals surface area contributed by atoms with Crippen LogP contribution < -0.4 is 0 Å². The zero-order chi connectivity index (χ0) is 16.1. The Morgan fingerprint density at radius 1 is 1.04 bits per heavy atom. The van der Waals surface area contributed by atoms with Crippen LogP contribution in [0.2, 0.25) is 0 Å². The molecule has 0 aromatic carbocycles. The maximum absolute atomic E-state index is 2.51. The lowest BCUT2D eigenvalue weighted by Crippen LogP contribution is -2.48. The van der Waals surface area contributed by atoms with E-state index in [9.17, 15) is 0 Å². The second kappa shape index (κ2) is 5.83. The van der Waals surface area contributed by atoms with Gasteiger partial charge in [0.15, 0.2) is 0 Å². The topological polar surface area (TPSA) is 4.41 Å². The van der Waals surface area contributed by atoms with Crippen molar-refractivity contribution in [1.29, 1.82) is 0 Å². The molecule has 0 saturated heterocycles. The molecule has 0 amide bonds. The van der Waals surface area contributed by atoms with Crippen molar-refractivity contribution in [3.8, 4) is 0 Å². The van der Waals surface area contributed by atoms with Gasteiger partial charge in [0, 0.05) is 17.9 Å². The van der Waals surface area contributed by atoms with Crippen LogP contribution >= 0.6 is 11.8 Å². The SMILES string of the molecule is CCSCCc1ccc2cc(C34CC5CC(CC(C5)C3)C4)cn2c1. The predicted molar refractivity (Wildman–Crippen MR) is 104 cm³/mol. The number of rotatable bonds is 5. The second-order valence-corrected chi connectivity index (χ2v) is 10.1. The molecule has 0 atom stereocenters. The van der Waals surface area contributed by atoms with Crippen LogP contribution in [0.1, 0.15) is 56.6 Å². The molecule has 128 valence electrons. The van der Waals surface area contributed by atoms with Gasteiger partial charge in [-0.2, -0.15) is 11.8 Å². The summed E-state index contributed by atoms with van der Waals surface area (Å²) in [5.41, 5.74) is 5.06. The predicted octanol–water partition coefficient (Wildman–Crippen LogP) is 5.70. The first kappa shape index (κ1) is 15.4. The molecule has 2 aromatic heterocycles. The Morgan fingerprint density at radius 2 is 1.75 bits per heavy atom. The molecule has 2 heteroatoms. The summed E-state index contributed by atoms with van der Waals surface area (Å²) < 4.78 is 2.42. The third-order valence-electron chi connectivity index (χ3n) is 7.04. The molecular formula is C22H29NS. The summed E-state index contributed by atoms with van der Waals surface area (Å²) in [5.74, 6) is 5.55. The molecule has 0 aliphatic heterocycles. The van der Waals surface area contributed by atoms with Gasteiger partial charge in [0.25, 0.3) is 0 Å². The average Bonchev–Trinajstić information content (AvgIpc) is 2.98. The van der Waals surface area contributed by atoms with Gasteiger partial charge in [0.1, 0.15) is 0 Å². The normalized spacial score (nSPS) is 34.3. The fourth-order valence-corrected chi connectivity index (χ4v) is 7.06. The summed E-state index contributed by atoms with van der Waals surface area (Å²) in [6.45, 7) is 2.25. The molecule has 24 heavy (non-hydrogen) atoms. The number of aromatic nitrogens is 1. The highest BCUT2D eigenvalue weighted by Crippen LogP contribution is 2.60. The zero-order valence-corrected chi connectivity index (χ0v) is 15.7. The van der Waals surface area contributed by atoms with Gasteiger partial charge in [-0.05, 0) is 103 Å². The van der Waals surface area contributed by atoms with E-state index in [1.165, 1.54) is 67.5 Å². The quantitative estimate of drug-likeness (QED) is 0.632. The first-order chi connectivity index (χ1) is 11.7. The minimum atomic E-state index is 0.527. The number of nitrogens with zero attached hydrogens (tertiary/aromatic N) is 1. The molecule has 4 fully saturated rings. The van der Waals surface area contributed by atoms with Gasteiger partial charge in [0.05, 0.1) is 0 Å². The molecule has 2 heterocycles. The Morgan fingerprint density at radius 3 is 2.42 bits per heavy atom. The van der Waals surface area contributed by atoms with Crippen LogP contribution in [-0.2, 0) is 11.8 Å². The van der Waals surface area contributed by atoms with Crippen molar-refractivity contribution in [2.24, 2.45) is 17.8 Å². The molecule has 0 spiro atoms. The number of hydrogen-bond donors (Lipinski definition) is 0. The van der Waals surface area contributed by atoms with Crippen molar-refractivity contribution < 1.29 is 0 Å². The number of pyridine rings is 1. The summed E-state index contributed by atoms with van der Waals surface area (Å²) in [6.07, 6.45) is 15.1. The molecule has 4 saturated carbocycles. The molecule has 2 aromatic rings. The fraction of sp³-hybridized carbons (Fsp3) is 0.636. The molecule has 0 unspecified atom stereocenters. The van der Waals surface area contributed by atoms with Crippen molar-refractivity contribution in [2.75, 3.05) is 11.5 Å². The number of aryl methyl sites for hydroxylation is 1. The van der Waals surface area contributed by atoms with Crippen molar-refractivity contribution in [2.45, 2.75) is 57.3 Å². The first-order valence-electron chi connectivity index (χ1n) is 9.93. The van der Waals surface area contributed by atoms with Crippen LogP contribution in [-0.4, -0.2) is 15.9 Å². The largest absolute Gasteiger partial charge is 0.323 e. The third kappa shape index (κ3) is 2.53. The van der Waals surface area contributed by atoms with Crippen LogP contribution in [0.3, 0.4) is 0 Å². The van der Waals surface area contributed by atoms with Crippen LogP contribution in [0.4, 0.5) is 0 Å². The Bertz CT molecular complexity index is 708. The Labute approximate surface area is 150 Å². The second-order valence-electron chi connectivity index (χ2n) is 8.74. The lowest BCUT2D eigenvalue weighted by molar-refractivity contribution is -0.00513. The standard InChI is InChI=1S/C22H29NS/c1-2-24-6-5-16-3-4-21-10-20(15-23(21)14-16)22-11-17-7-18(12-22)9-19(8-17)13-22/h3-4,10,14-15,17-19H,2,5-9,11-13H2,1H3. The van der Waals surface area contributed by atoms with E-state index in [-0.39, 0.29) is 0 Å². The lowest BCUT2D eigenvalue weighted by Gasteiger charge is -2.56. The van der Waals surface area contributed by atoms with Gasteiger partial charge in [-0.15, -0.1) is 0 Å². The van der Waals surface area contributed by atoms with Crippen LogP contribution in [0.5, 0.6) is 0 Å². The highest BCUT2D eigenvalue weighted by molar-refractivity contribution is 7.99. The van der Waals surface area contributed by atoms with E-state index in [1.807, 2.05) is 11.8 Å². The van der Waals surface area contributed by atoms with Gasteiger partial charge in [-0.25, -0.2) is 0 Å². The van der Waals surface area contributed by atoms with Gasteiger partial charge < -0.3 is 4.40 Å². The van der Waals surface area contributed by atoms with Gasteiger partial charge in [0.2, 0.25) is 0 Å². The van der Waals surface area contributed by atoms with E-state index in [1.54, 1.807) is 5.56 Å². The summed E-state index contributed by atoms with van der Waals surface area (Å²) in [6, 6.07) is 7.20. The van der Waals surface area contributed by atoms with E-state index >= 15 is 0 Å². The van der Waals surface area contributed by atoms with Crippen molar-refractivity contribution in [1.82, 2.24) is 4.40 Å². The minimum Gasteiger partial charge on any atom is -0.323 e. The highest BCUT2D eigenvalue weighted by Gasteiger charge is 2.51. The molecule has 4 aliphatic rings. The molecular weight excluding hydrogens is 310 g/mol. The van der Waals surface area contributed by atoms with Crippen LogP contribution in [0, 0.1) is 17.8 Å². The molecule has 1 nitrogen and oxygen atoms in total. The Kier molecular flexibility index (Phi) is 3.73. The monoisotopic (exact) mass is 339 g/mol. The molecule has 0 N–H and O–H groups in total. The zero-order valence-electron chi connectivity index (χ0n) is 14.8. The Hall–Kier alpha value is -0.890. The van der Waals surface area contributed by atoms with Gasteiger partial charge in [-0.1, -0.05) is 13.0 Å². The third-order valence-corrected chi connectivity index (χ3v) is 7.94. The van der Waals surface area contributed by atoms with Crippen LogP contribution in [0.15, 0.2) is 30.6 Å². The van der Waals surface area contributed by atoms with Crippen LogP contribution in [0.25, 0.3) is 5.52 Å². The maximum atomic E-state index is 2.51. The molecule has 6 rings (SSSR count). The summed E-state index contributed by atoms with van der Waals surface area (Å²) in [4.78, 5) is 0. The van der Waals surface area contributed by atoms with Crippen molar-refractivity contribution >= 4 is 17.3 Å². The van der Waals surface area contributed by atoms with Crippen molar-refractivity contribution in [3.63, 3.8) is 0 Å². The highest BCUT2D eigenvalue weighted by atomic mass is 32.2. The lowest BCUT2D eigenvalue weighted by atomic mass is 9.48. The fourth-order valence-electron chi connectivity index (χ4n) is 6.39. The van der Waals surface area contributed by atoms with E-state index in [0.717, 1.165) is 17.8 Å². The van der Waals surface area contributed by atoms with Gasteiger partial charge >= 0.3 is 0 Å². The first-order valence-corrected chi connectivity index (χ1v) is 11.1. The molecule has 4 bridgehead atoms.